The van der Waals surface area contributed by atoms with Crippen LogP contribution < -0.4 is 5.32 Å². The molecule has 1 aromatic carbocycles. The second kappa shape index (κ2) is 5.85. The van der Waals surface area contributed by atoms with E-state index in [2.05, 4.69) is 24.4 Å². The summed E-state index contributed by atoms with van der Waals surface area (Å²) in [5.74, 6) is 0.0765. The smallest absolute Gasteiger partial charge is 0.251 e. The van der Waals surface area contributed by atoms with E-state index >= 15 is 0 Å². The lowest BCUT2D eigenvalue weighted by Crippen LogP contribution is -2.25. The Bertz CT molecular complexity index is 365. The van der Waals surface area contributed by atoms with Crippen molar-refractivity contribution in [2.24, 2.45) is 0 Å². The number of amides is 1. The maximum Gasteiger partial charge on any atom is 0.251 e. The van der Waals surface area contributed by atoms with Crippen LogP contribution in [0.1, 0.15) is 54.9 Å². The Labute approximate surface area is 103 Å². The van der Waals surface area contributed by atoms with Gasteiger partial charge < -0.3 is 5.32 Å². The Balaban J connectivity index is 1.85. The summed E-state index contributed by atoms with van der Waals surface area (Å²) in [7, 11) is 0. The zero-order chi connectivity index (χ0) is 12.1. The number of unbranched alkanes of at least 4 members (excludes halogenated alkanes) is 2. The molecule has 2 nitrogen and oxygen atoms in total. The van der Waals surface area contributed by atoms with Crippen molar-refractivity contribution < 1.29 is 4.79 Å². The normalized spacial score (nSPS) is 14.6. The zero-order valence-electron chi connectivity index (χ0n) is 10.5. The Morgan fingerprint density at radius 3 is 2.53 bits per heavy atom. The van der Waals surface area contributed by atoms with Gasteiger partial charge in [0.1, 0.15) is 0 Å². The van der Waals surface area contributed by atoms with Gasteiger partial charge in [-0.3, -0.25) is 4.79 Å². The van der Waals surface area contributed by atoms with E-state index < -0.39 is 0 Å². The van der Waals surface area contributed by atoms with Crippen LogP contribution in [0.25, 0.3) is 0 Å². The Kier molecular flexibility index (Phi) is 4.18. The number of aryl methyl sites for hydroxylation is 1. The standard InChI is InChI=1S/C15H21NO/c1-2-3-4-5-12-6-8-13(9-7-12)15(17)16-14-10-11-14/h6-9,14H,2-5,10-11H2,1H3,(H,16,17). The first-order chi connectivity index (χ1) is 8.29. The van der Waals surface area contributed by atoms with Gasteiger partial charge in [0.2, 0.25) is 0 Å². The van der Waals surface area contributed by atoms with Crippen LogP contribution in [0.5, 0.6) is 0 Å². The number of hydrogen-bond donors (Lipinski definition) is 1. The van der Waals surface area contributed by atoms with Gasteiger partial charge in [-0.05, 0) is 43.4 Å². The Morgan fingerprint density at radius 2 is 1.94 bits per heavy atom. The fourth-order valence-corrected chi connectivity index (χ4v) is 1.90. The molecule has 2 heteroatoms. The molecule has 92 valence electrons. The van der Waals surface area contributed by atoms with Gasteiger partial charge in [-0.15, -0.1) is 0 Å². The minimum absolute atomic E-state index is 0.0765. The number of rotatable bonds is 6. The van der Waals surface area contributed by atoms with Crippen molar-refractivity contribution in [2.45, 2.75) is 51.5 Å². The molecule has 1 N–H and O–H groups in total. The second-order valence-corrected chi connectivity index (χ2v) is 4.90. The third-order valence-electron chi connectivity index (χ3n) is 3.20. The van der Waals surface area contributed by atoms with Crippen LogP contribution in [0, 0.1) is 0 Å². The lowest BCUT2D eigenvalue weighted by molar-refractivity contribution is 0.0951. The lowest BCUT2D eigenvalue weighted by Gasteiger charge is -2.05. The molecular weight excluding hydrogens is 210 g/mol. The Hall–Kier alpha value is -1.31. The maximum atomic E-state index is 11.8. The van der Waals surface area contributed by atoms with E-state index in [1.165, 1.54) is 24.8 Å². The highest BCUT2D eigenvalue weighted by atomic mass is 16.1. The number of nitrogens with one attached hydrogen (secondary N) is 1. The van der Waals surface area contributed by atoms with E-state index in [4.69, 9.17) is 0 Å². The van der Waals surface area contributed by atoms with E-state index in [9.17, 15) is 4.79 Å². The molecule has 1 fully saturated rings. The molecule has 0 radical (unpaired) electrons. The highest BCUT2D eigenvalue weighted by Crippen LogP contribution is 2.19. The molecule has 0 bridgehead atoms. The van der Waals surface area contributed by atoms with Gasteiger partial charge in [-0.25, -0.2) is 0 Å². The molecule has 1 amide bonds. The second-order valence-electron chi connectivity index (χ2n) is 4.90. The van der Waals surface area contributed by atoms with Crippen molar-refractivity contribution in [3.63, 3.8) is 0 Å². The van der Waals surface area contributed by atoms with Crippen LogP contribution in [-0.2, 0) is 6.42 Å². The molecule has 0 aliphatic heterocycles. The third kappa shape index (κ3) is 3.88. The monoisotopic (exact) mass is 231 g/mol. The first kappa shape index (κ1) is 12.2. The van der Waals surface area contributed by atoms with Crippen LogP contribution in [0.2, 0.25) is 0 Å². The summed E-state index contributed by atoms with van der Waals surface area (Å²) in [6.07, 6.45) is 7.18. The molecule has 0 spiro atoms. The van der Waals surface area contributed by atoms with Gasteiger partial charge in [-0.2, -0.15) is 0 Å². The van der Waals surface area contributed by atoms with E-state index in [-0.39, 0.29) is 5.91 Å². The van der Waals surface area contributed by atoms with Crippen molar-refractivity contribution >= 4 is 5.91 Å². The predicted molar refractivity (Wildman–Crippen MR) is 70.2 cm³/mol. The van der Waals surface area contributed by atoms with Crippen LogP contribution in [0.15, 0.2) is 24.3 Å². The minimum atomic E-state index is 0.0765. The van der Waals surface area contributed by atoms with Crippen molar-refractivity contribution in [1.82, 2.24) is 5.32 Å². The molecule has 1 aliphatic rings. The van der Waals surface area contributed by atoms with E-state index in [0.29, 0.717) is 6.04 Å². The number of carbonyl (C=O) groups excluding carboxylic acids is 1. The Morgan fingerprint density at radius 1 is 1.24 bits per heavy atom. The number of benzene rings is 1. The molecule has 2 rings (SSSR count). The van der Waals surface area contributed by atoms with Crippen LogP contribution in [0.4, 0.5) is 0 Å². The number of carbonyl (C=O) groups is 1. The largest absolute Gasteiger partial charge is 0.349 e. The van der Waals surface area contributed by atoms with Gasteiger partial charge in [0.25, 0.3) is 5.91 Å². The fourth-order valence-electron chi connectivity index (χ4n) is 1.90. The van der Waals surface area contributed by atoms with Crippen LogP contribution >= 0.6 is 0 Å². The maximum absolute atomic E-state index is 11.8. The first-order valence-corrected chi connectivity index (χ1v) is 6.69. The van der Waals surface area contributed by atoms with Crippen molar-refractivity contribution in [3.05, 3.63) is 35.4 Å². The van der Waals surface area contributed by atoms with Gasteiger partial charge >= 0.3 is 0 Å². The summed E-state index contributed by atoms with van der Waals surface area (Å²) >= 11 is 0. The summed E-state index contributed by atoms with van der Waals surface area (Å²) in [6.45, 7) is 2.21. The quantitative estimate of drug-likeness (QED) is 0.748. The highest BCUT2D eigenvalue weighted by Gasteiger charge is 2.23. The average molecular weight is 231 g/mol. The molecule has 0 saturated heterocycles. The average Bonchev–Trinajstić information content (AvgIpc) is 3.14. The molecule has 0 heterocycles. The summed E-state index contributed by atoms with van der Waals surface area (Å²) in [4.78, 5) is 11.8. The van der Waals surface area contributed by atoms with Gasteiger partial charge in [0.05, 0.1) is 0 Å². The predicted octanol–water partition coefficient (Wildman–Crippen LogP) is 3.31. The van der Waals surface area contributed by atoms with E-state index in [1.807, 2.05) is 12.1 Å². The highest BCUT2D eigenvalue weighted by molar-refractivity contribution is 5.94. The molecule has 0 aromatic heterocycles. The van der Waals surface area contributed by atoms with Crippen LogP contribution in [0.3, 0.4) is 0 Å². The topological polar surface area (TPSA) is 29.1 Å². The van der Waals surface area contributed by atoms with Gasteiger partial charge in [-0.1, -0.05) is 31.9 Å². The van der Waals surface area contributed by atoms with Gasteiger partial charge in [0, 0.05) is 11.6 Å². The fraction of sp³-hybridized carbons (Fsp3) is 0.533. The molecule has 0 atom stereocenters. The first-order valence-electron chi connectivity index (χ1n) is 6.69. The third-order valence-corrected chi connectivity index (χ3v) is 3.20. The van der Waals surface area contributed by atoms with Crippen LogP contribution in [-0.4, -0.2) is 11.9 Å². The summed E-state index contributed by atoms with van der Waals surface area (Å²) in [5.41, 5.74) is 2.12. The molecule has 1 aliphatic carbocycles. The molecule has 1 aromatic rings. The summed E-state index contributed by atoms with van der Waals surface area (Å²) < 4.78 is 0. The summed E-state index contributed by atoms with van der Waals surface area (Å²) in [6, 6.07) is 8.49. The SMILES string of the molecule is CCCCCc1ccc(C(=O)NC2CC2)cc1. The zero-order valence-corrected chi connectivity index (χ0v) is 10.5. The molecule has 17 heavy (non-hydrogen) atoms. The minimum Gasteiger partial charge on any atom is -0.349 e. The van der Waals surface area contributed by atoms with Crippen molar-refractivity contribution in [2.75, 3.05) is 0 Å². The summed E-state index contributed by atoms with van der Waals surface area (Å²) in [5, 5.41) is 3.00. The van der Waals surface area contributed by atoms with Crippen molar-refractivity contribution in [3.8, 4) is 0 Å². The molecular formula is C15H21NO. The van der Waals surface area contributed by atoms with E-state index in [1.54, 1.807) is 0 Å². The van der Waals surface area contributed by atoms with Crippen molar-refractivity contribution in [1.29, 1.82) is 0 Å². The number of hydrogen-bond acceptors (Lipinski definition) is 1. The molecule has 0 unspecified atom stereocenters. The van der Waals surface area contributed by atoms with Gasteiger partial charge in [0.15, 0.2) is 0 Å². The molecule has 1 saturated carbocycles. The van der Waals surface area contributed by atoms with E-state index in [0.717, 1.165) is 24.8 Å². The lowest BCUT2D eigenvalue weighted by atomic mass is 10.1.